The molecule has 0 aromatic carbocycles. The molecule has 1 aliphatic rings. The number of imidazole rings is 1. The highest BCUT2D eigenvalue weighted by Gasteiger charge is 2.52. The highest BCUT2D eigenvalue weighted by atomic mass is 79.9. The molecule has 0 bridgehead atoms. The van der Waals surface area contributed by atoms with Gasteiger partial charge in [0.05, 0.1) is 16.8 Å². The monoisotopic (exact) mass is 328 g/mol. The molecule has 4 nitrogen and oxygen atoms in total. The number of nitrogens with zero attached hydrogens (tertiary/aromatic N) is 2. The molecule has 0 N–H and O–H groups in total. The molecule has 0 aliphatic carbocycles. The summed E-state index contributed by atoms with van der Waals surface area (Å²) < 4.78 is 14.9. The van der Waals surface area contributed by atoms with Crippen LogP contribution in [-0.2, 0) is 14.8 Å². The van der Waals surface area contributed by atoms with Gasteiger partial charge in [0.2, 0.25) is 0 Å². The Kier molecular flexibility index (Phi) is 3.44. The standard InChI is InChI=1S/C13H22BBrN2O2/c1-11(2,3)17-8-9(16-10(17)15)14-18-12(4,5)13(6,7)19-14/h8H,1-7H3. The summed E-state index contributed by atoms with van der Waals surface area (Å²) in [6, 6.07) is 0. The van der Waals surface area contributed by atoms with Gasteiger partial charge in [-0.1, -0.05) is 0 Å². The van der Waals surface area contributed by atoms with Gasteiger partial charge in [0.15, 0.2) is 4.73 Å². The summed E-state index contributed by atoms with van der Waals surface area (Å²) in [7, 11) is -0.412. The van der Waals surface area contributed by atoms with Crippen LogP contribution in [0.5, 0.6) is 0 Å². The lowest BCUT2D eigenvalue weighted by molar-refractivity contribution is 0.00578. The number of rotatable bonds is 1. The van der Waals surface area contributed by atoms with E-state index in [1.165, 1.54) is 0 Å². The molecule has 0 spiro atoms. The van der Waals surface area contributed by atoms with Crippen LogP contribution in [0.15, 0.2) is 10.9 Å². The molecule has 1 saturated heterocycles. The van der Waals surface area contributed by atoms with Crippen LogP contribution in [0.1, 0.15) is 48.5 Å². The van der Waals surface area contributed by atoms with Gasteiger partial charge in [-0.25, -0.2) is 4.98 Å². The highest BCUT2D eigenvalue weighted by Crippen LogP contribution is 2.36. The van der Waals surface area contributed by atoms with Crippen molar-refractivity contribution in [3.63, 3.8) is 0 Å². The number of hydrogen-bond acceptors (Lipinski definition) is 3. The summed E-state index contributed by atoms with van der Waals surface area (Å²) in [6.45, 7) is 14.6. The van der Waals surface area contributed by atoms with E-state index in [-0.39, 0.29) is 16.7 Å². The fourth-order valence-electron chi connectivity index (χ4n) is 1.92. The first-order chi connectivity index (χ1) is 8.44. The molecular weight excluding hydrogens is 307 g/mol. The van der Waals surface area contributed by atoms with Crippen LogP contribution in [0.2, 0.25) is 0 Å². The Balaban J connectivity index is 2.31. The van der Waals surface area contributed by atoms with Crippen LogP contribution in [0, 0.1) is 0 Å². The largest absolute Gasteiger partial charge is 0.516 e. The van der Waals surface area contributed by atoms with Gasteiger partial charge in [0, 0.05) is 11.7 Å². The predicted octanol–water partition coefficient (Wildman–Crippen LogP) is 2.70. The summed E-state index contributed by atoms with van der Waals surface area (Å²) in [5.41, 5.74) is 0.0967. The first kappa shape index (κ1) is 15.1. The second-order valence-corrected chi connectivity index (χ2v) is 7.77. The molecule has 106 valence electrons. The van der Waals surface area contributed by atoms with Gasteiger partial charge >= 0.3 is 7.12 Å². The Bertz CT molecular complexity index is 475. The molecule has 0 atom stereocenters. The Labute approximate surface area is 124 Å². The summed E-state index contributed by atoms with van der Waals surface area (Å²) >= 11 is 3.50. The third-order valence-electron chi connectivity index (χ3n) is 3.90. The van der Waals surface area contributed by atoms with Crippen molar-refractivity contribution >= 4 is 28.6 Å². The van der Waals surface area contributed by atoms with Gasteiger partial charge in [-0.05, 0) is 64.4 Å². The maximum Gasteiger partial charge on any atom is 0.516 e. The summed E-state index contributed by atoms with van der Waals surface area (Å²) in [6.07, 6.45) is 1.99. The second-order valence-electron chi connectivity index (χ2n) is 7.06. The van der Waals surface area contributed by atoms with Crippen molar-refractivity contribution < 1.29 is 9.31 Å². The van der Waals surface area contributed by atoms with Crippen LogP contribution >= 0.6 is 15.9 Å². The summed E-state index contributed by atoms with van der Waals surface area (Å²) in [5.74, 6) is 0. The van der Waals surface area contributed by atoms with Crippen molar-refractivity contribution in [1.82, 2.24) is 9.55 Å². The van der Waals surface area contributed by atoms with E-state index in [1.807, 2.05) is 33.9 Å². The van der Waals surface area contributed by atoms with Crippen LogP contribution < -0.4 is 5.59 Å². The van der Waals surface area contributed by atoms with Gasteiger partial charge in [-0.3, -0.25) is 0 Å². The summed E-state index contributed by atoms with van der Waals surface area (Å²) in [5, 5.41) is 0. The number of halogens is 1. The maximum absolute atomic E-state index is 6.01. The first-order valence-electron chi connectivity index (χ1n) is 6.55. The molecule has 0 saturated carbocycles. The molecule has 1 fully saturated rings. The van der Waals surface area contributed by atoms with Crippen molar-refractivity contribution in [1.29, 1.82) is 0 Å². The lowest BCUT2D eigenvalue weighted by Gasteiger charge is -2.32. The minimum absolute atomic E-state index is 0.0340. The zero-order valence-electron chi connectivity index (χ0n) is 12.7. The Morgan fingerprint density at radius 2 is 1.63 bits per heavy atom. The van der Waals surface area contributed by atoms with E-state index in [0.29, 0.717) is 0 Å². The molecule has 1 aromatic rings. The van der Waals surface area contributed by atoms with Crippen molar-refractivity contribution in [2.75, 3.05) is 0 Å². The zero-order valence-corrected chi connectivity index (χ0v) is 14.3. The lowest BCUT2D eigenvalue weighted by atomic mass is 9.85. The van der Waals surface area contributed by atoms with E-state index in [0.717, 1.165) is 10.3 Å². The second kappa shape index (κ2) is 4.33. The van der Waals surface area contributed by atoms with E-state index in [9.17, 15) is 0 Å². The van der Waals surface area contributed by atoms with Crippen molar-refractivity contribution in [3.8, 4) is 0 Å². The van der Waals surface area contributed by atoms with E-state index in [2.05, 4.69) is 46.3 Å². The molecule has 19 heavy (non-hydrogen) atoms. The molecule has 6 heteroatoms. The van der Waals surface area contributed by atoms with Crippen LogP contribution in [-0.4, -0.2) is 27.9 Å². The van der Waals surface area contributed by atoms with Crippen LogP contribution in [0.3, 0.4) is 0 Å². The van der Waals surface area contributed by atoms with Crippen LogP contribution in [0.25, 0.3) is 0 Å². The third kappa shape index (κ3) is 2.62. The molecule has 0 unspecified atom stereocenters. The molecule has 1 aliphatic heterocycles. The fourth-order valence-corrected chi connectivity index (χ4v) is 2.76. The summed E-state index contributed by atoms with van der Waals surface area (Å²) in [4.78, 5) is 4.52. The minimum Gasteiger partial charge on any atom is -0.398 e. The van der Waals surface area contributed by atoms with Crippen molar-refractivity contribution in [2.24, 2.45) is 0 Å². The van der Waals surface area contributed by atoms with Crippen molar-refractivity contribution in [2.45, 2.75) is 65.2 Å². The van der Waals surface area contributed by atoms with E-state index in [4.69, 9.17) is 9.31 Å². The average molecular weight is 329 g/mol. The maximum atomic E-state index is 6.01. The first-order valence-corrected chi connectivity index (χ1v) is 7.34. The molecule has 1 aromatic heterocycles. The molecule has 2 rings (SSSR count). The zero-order chi connectivity index (χ0) is 14.6. The van der Waals surface area contributed by atoms with Gasteiger partial charge < -0.3 is 13.9 Å². The normalized spacial score (nSPS) is 22.0. The minimum atomic E-state index is -0.412. The number of aromatic nitrogens is 2. The Morgan fingerprint density at radius 1 is 1.16 bits per heavy atom. The quantitative estimate of drug-likeness (QED) is 0.744. The SMILES string of the molecule is CC(C)(C)n1cc(B2OC(C)(C)C(C)(C)O2)nc1Br. The Morgan fingerprint density at radius 3 is 2.00 bits per heavy atom. The smallest absolute Gasteiger partial charge is 0.398 e. The van der Waals surface area contributed by atoms with Gasteiger partial charge in [-0.15, -0.1) is 0 Å². The van der Waals surface area contributed by atoms with Gasteiger partial charge in [0.25, 0.3) is 0 Å². The lowest BCUT2D eigenvalue weighted by Crippen LogP contribution is -2.41. The average Bonchev–Trinajstić information content (AvgIpc) is 2.65. The topological polar surface area (TPSA) is 36.3 Å². The van der Waals surface area contributed by atoms with Crippen molar-refractivity contribution in [3.05, 3.63) is 10.9 Å². The predicted molar refractivity (Wildman–Crippen MR) is 80.6 cm³/mol. The van der Waals surface area contributed by atoms with E-state index < -0.39 is 7.12 Å². The molecule has 0 amide bonds. The molecule has 2 heterocycles. The van der Waals surface area contributed by atoms with Crippen LogP contribution in [0.4, 0.5) is 0 Å². The third-order valence-corrected chi connectivity index (χ3v) is 4.46. The molecule has 0 radical (unpaired) electrons. The van der Waals surface area contributed by atoms with E-state index in [1.54, 1.807) is 0 Å². The number of hydrogen-bond donors (Lipinski definition) is 0. The Hall–Kier alpha value is -0.325. The highest BCUT2D eigenvalue weighted by molar-refractivity contribution is 9.10. The van der Waals surface area contributed by atoms with Gasteiger partial charge in [-0.2, -0.15) is 0 Å². The molecular formula is C13H22BBrN2O2. The van der Waals surface area contributed by atoms with E-state index >= 15 is 0 Å². The fraction of sp³-hybridized carbons (Fsp3) is 0.769. The van der Waals surface area contributed by atoms with Gasteiger partial charge in [0.1, 0.15) is 0 Å².